The topological polar surface area (TPSA) is 93.3 Å². The predicted molar refractivity (Wildman–Crippen MR) is 157 cm³/mol. The first kappa shape index (κ1) is 27.1. The Bertz CT molecular complexity index is 1720. The number of piperidine rings is 1. The van der Waals surface area contributed by atoms with Crippen LogP contribution >= 0.6 is 0 Å². The van der Waals surface area contributed by atoms with E-state index in [9.17, 15) is 9.18 Å². The predicted octanol–water partition coefficient (Wildman–Crippen LogP) is 3.12. The van der Waals surface area contributed by atoms with Gasteiger partial charge < -0.3 is 25.0 Å². The first-order valence-corrected chi connectivity index (χ1v) is 13.9. The number of terminal acetylenes is 1. The Hall–Kier alpha value is -4.14. The number of hydrogen-bond donors (Lipinski definition) is 2. The number of anilines is 2. The van der Waals surface area contributed by atoms with Crippen LogP contribution in [-0.4, -0.2) is 84.2 Å². The molecule has 2 saturated heterocycles. The van der Waals surface area contributed by atoms with Crippen molar-refractivity contribution >= 4 is 33.4 Å². The molecule has 0 amide bonds. The van der Waals surface area contributed by atoms with Gasteiger partial charge in [-0.25, -0.2) is 13.8 Å². The van der Waals surface area contributed by atoms with E-state index in [0.29, 0.717) is 48.2 Å². The summed E-state index contributed by atoms with van der Waals surface area (Å²) in [4.78, 5) is 35.6. The van der Waals surface area contributed by atoms with Gasteiger partial charge in [0.25, 0.3) is 0 Å². The first-order valence-electron chi connectivity index (χ1n) is 13.9. The quantitative estimate of drug-likeness (QED) is 0.361. The number of fused-ring (bicyclic) bond motifs is 2. The molecular formula is C30H32F2N8O. The molecule has 1 atom stereocenters. The van der Waals surface area contributed by atoms with Gasteiger partial charge in [-0.05, 0) is 37.9 Å². The van der Waals surface area contributed by atoms with E-state index in [-0.39, 0.29) is 27.9 Å². The van der Waals surface area contributed by atoms with Crippen molar-refractivity contribution in [1.29, 1.82) is 0 Å². The molecule has 3 aromatic heterocycles. The largest absolute Gasteiger partial charge is 0.357 e. The Morgan fingerprint density at radius 3 is 2.71 bits per heavy atom. The Kier molecular flexibility index (Phi) is 7.28. The highest BCUT2D eigenvalue weighted by molar-refractivity contribution is 6.00. The molecule has 0 spiro atoms. The van der Waals surface area contributed by atoms with E-state index in [1.54, 1.807) is 0 Å². The maximum Gasteiger partial charge on any atom is 0.249 e. The average molecular weight is 559 g/mol. The lowest BCUT2D eigenvalue weighted by Gasteiger charge is -2.33. The Morgan fingerprint density at radius 1 is 1.17 bits per heavy atom. The molecule has 0 radical (unpaired) electrons. The zero-order valence-corrected chi connectivity index (χ0v) is 23.2. The number of pyridine rings is 2. The molecule has 0 aliphatic carbocycles. The van der Waals surface area contributed by atoms with Gasteiger partial charge in [-0.3, -0.25) is 9.78 Å². The summed E-state index contributed by atoms with van der Waals surface area (Å²) >= 11 is 0. The summed E-state index contributed by atoms with van der Waals surface area (Å²) in [7, 11) is 4.01. The summed E-state index contributed by atoms with van der Waals surface area (Å²) < 4.78 is 31.3. The fraction of sp³-hybridized carbons (Fsp3) is 0.400. The highest BCUT2D eigenvalue weighted by Crippen LogP contribution is 2.35. The Morgan fingerprint density at radius 2 is 1.98 bits per heavy atom. The average Bonchev–Trinajstić information content (AvgIpc) is 2.97. The van der Waals surface area contributed by atoms with Crippen molar-refractivity contribution in [3.63, 3.8) is 0 Å². The standard InChI is InChI=1S/C30H32F2N8O/c1-4-20-22(31)9-8-18-15-23(41)35-27(24(18)20)28-25(32)26-21(16-34-28)29(39(3)17-19-7-5-6-10-33-19)37-30(36-26)40-13-11-38(2)12-14-40/h1,8-9,15-16,19,33H,5-7,10-14,17H2,2-3H3,(H,35,41)/t19-/m0/s1. The minimum Gasteiger partial charge on any atom is -0.357 e. The van der Waals surface area contributed by atoms with Crippen LogP contribution in [0.25, 0.3) is 33.1 Å². The second-order valence-electron chi connectivity index (χ2n) is 10.9. The monoisotopic (exact) mass is 558 g/mol. The summed E-state index contributed by atoms with van der Waals surface area (Å²) in [5, 5.41) is 4.62. The second kappa shape index (κ2) is 11.0. The second-order valence-corrected chi connectivity index (χ2v) is 10.9. The molecule has 1 aromatic carbocycles. The van der Waals surface area contributed by atoms with Crippen LogP contribution in [0.2, 0.25) is 0 Å². The molecule has 0 unspecified atom stereocenters. The number of halogens is 2. The Labute approximate surface area is 236 Å². The third kappa shape index (κ3) is 5.09. The molecule has 5 heterocycles. The number of rotatable bonds is 5. The van der Waals surface area contributed by atoms with E-state index < -0.39 is 17.2 Å². The van der Waals surface area contributed by atoms with Crippen molar-refractivity contribution in [2.24, 2.45) is 0 Å². The lowest BCUT2D eigenvalue weighted by Crippen LogP contribution is -2.45. The normalized spacial score (nSPS) is 18.1. The molecule has 4 aromatic rings. The molecule has 2 N–H and O–H groups in total. The van der Waals surface area contributed by atoms with Gasteiger partial charge in [0.2, 0.25) is 11.5 Å². The van der Waals surface area contributed by atoms with E-state index in [4.69, 9.17) is 16.4 Å². The third-order valence-electron chi connectivity index (χ3n) is 8.06. The van der Waals surface area contributed by atoms with E-state index >= 15 is 4.39 Å². The molecule has 212 valence electrons. The van der Waals surface area contributed by atoms with E-state index in [0.717, 1.165) is 38.9 Å². The van der Waals surface area contributed by atoms with Crippen LogP contribution in [0.1, 0.15) is 24.8 Å². The number of aromatic amines is 1. The molecule has 0 saturated carbocycles. The molecule has 41 heavy (non-hydrogen) atoms. The summed E-state index contributed by atoms with van der Waals surface area (Å²) in [6, 6.07) is 4.24. The number of likely N-dealkylation sites (N-methyl/N-ethyl adjacent to an activating group) is 2. The minimum absolute atomic E-state index is 0.0143. The molecule has 11 heteroatoms. The van der Waals surface area contributed by atoms with Gasteiger partial charge in [-0.15, -0.1) is 6.42 Å². The smallest absolute Gasteiger partial charge is 0.249 e. The van der Waals surface area contributed by atoms with Crippen molar-refractivity contribution in [3.8, 4) is 23.7 Å². The minimum atomic E-state index is -0.735. The van der Waals surface area contributed by atoms with Crippen LogP contribution in [0.15, 0.2) is 29.2 Å². The molecule has 2 fully saturated rings. The van der Waals surface area contributed by atoms with E-state index in [1.165, 1.54) is 24.4 Å². The number of aromatic nitrogens is 4. The van der Waals surface area contributed by atoms with Gasteiger partial charge in [0.05, 0.1) is 16.6 Å². The van der Waals surface area contributed by atoms with E-state index in [1.807, 2.05) is 11.9 Å². The van der Waals surface area contributed by atoms with Gasteiger partial charge in [0.15, 0.2) is 5.82 Å². The zero-order chi connectivity index (χ0) is 28.7. The van der Waals surface area contributed by atoms with E-state index in [2.05, 4.69) is 38.1 Å². The van der Waals surface area contributed by atoms with Crippen LogP contribution in [0.4, 0.5) is 20.5 Å². The molecular weight excluding hydrogens is 526 g/mol. The van der Waals surface area contributed by atoms with Gasteiger partial charge >= 0.3 is 0 Å². The summed E-state index contributed by atoms with van der Waals surface area (Å²) in [6.45, 7) is 4.74. The number of hydrogen-bond acceptors (Lipinski definition) is 8. The fourth-order valence-corrected chi connectivity index (χ4v) is 5.80. The SMILES string of the molecule is C#Cc1c(F)ccc2cc(=O)[nH]c(-c3ncc4c(N(C)C[C@@H]5CCCCN5)nc(N5CCN(C)CC5)nc4c3F)c12. The highest BCUT2D eigenvalue weighted by atomic mass is 19.1. The highest BCUT2D eigenvalue weighted by Gasteiger charge is 2.26. The van der Waals surface area contributed by atoms with Gasteiger partial charge in [-0.2, -0.15) is 4.98 Å². The molecule has 9 nitrogen and oxygen atoms in total. The van der Waals surface area contributed by atoms with Crippen LogP contribution < -0.4 is 20.7 Å². The lowest BCUT2D eigenvalue weighted by molar-refractivity contribution is 0.311. The number of nitrogens with zero attached hydrogens (tertiary/aromatic N) is 6. The molecule has 6 rings (SSSR count). The van der Waals surface area contributed by atoms with Crippen LogP contribution in [0.3, 0.4) is 0 Å². The molecule has 2 aliphatic heterocycles. The van der Waals surface area contributed by atoms with Crippen LogP contribution in [-0.2, 0) is 0 Å². The van der Waals surface area contributed by atoms with Crippen molar-refractivity contribution in [1.82, 2.24) is 30.2 Å². The van der Waals surface area contributed by atoms with Crippen molar-refractivity contribution in [2.45, 2.75) is 25.3 Å². The number of H-pyrrole nitrogens is 1. The van der Waals surface area contributed by atoms with Crippen molar-refractivity contribution in [2.75, 3.05) is 63.2 Å². The molecule has 0 bridgehead atoms. The number of piperazine rings is 1. The number of nitrogens with one attached hydrogen (secondary N) is 2. The van der Waals surface area contributed by atoms with Crippen LogP contribution in [0.5, 0.6) is 0 Å². The van der Waals surface area contributed by atoms with Gasteiger partial charge in [-0.1, -0.05) is 18.4 Å². The van der Waals surface area contributed by atoms with Gasteiger partial charge in [0, 0.05) is 63.5 Å². The van der Waals surface area contributed by atoms with Crippen molar-refractivity contribution < 1.29 is 8.78 Å². The van der Waals surface area contributed by atoms with Crippen molar-refractivity contribution in [3.05, 3.63) is 51.9 Å². The summed E-state index contributed by atoms with van der Waals surface area (Å²) in [6.07, 6.45) is 10.5. The first-order chi connectivity index (χ1) is 19.8. The summed E-state index contributed by atoms with van der Waals surface area (Å²) in [5.74, 6) is 1.98. The summed E-state index contributed by atoms with van der Waals surface area (Å²) in [5.41, 5.74) is -0.622. The maximum atomic E-state index is 16.6. The maximum absolute atomic E-state index is 16.6. The zero-order valence-electron chi connectivity index (χ0n) is 23.2. The Balaban J connectivity index is 1.54. The number of benzene rings is 1. The molecule has 2 aliphatic rings. The van der Waals surface area contributed by atoms with Gasteiger partial charge in [0.1, 0.15) is 22.8 Å². The lowest BCUT2D eigenvalue weighted by atomic mass is 10.0. The fourth-order valence-electron chi connectivity index (χ4n) is 5.80. The third-order valence-corrected chi connectivity index (χ3v) is 8.06. The van der Waals surface area contributed by atoms with Crippen LogP contribution in [0, 0.1) is 24.0 Å².